The molecule has 0 amide bonds. The van der Waals surface area contributed by atoms with Crippen LogP contribution in [-0.4, -0.2) is 11.0 Å². The molecule has 0 aliphatic heterocycles. The molecule has 0 saturated heterocycles. The molecule has 1 aromatic heterocycles. The lowest BCUT2D eigenvalue weighted by molar-refractivity contribution is 0.553. The molecule has 1 saturated carbocycles. The van der Waals surface area contributed by atoms with E-state index in [1.54, 1.807) is 0 Å². The molecule has 1 aliphatic rings. The van der Waals surface area contributed by atoms with Crippen LogP contribution in [0.4, 0.5) is 0 Å². The topological polar surface area (TPSA) is 24.9 Å². The number of hydrogen-bond donors (Lipinski definition) is 1. The summed E-state index contributed by atoms with van der Waals surface area (Å²) >= 11 is 0. The first kappa shape index (κ1) is 12.4. The van der Waals surface area contributed by atoms with Crippen LogP contribution in [0.3, 0.4) is 0 Å². The second-order valence-corrected chi connectivity index (χ2v) is 5.28. The molecule has 2 nitrogen and oxygen atoms in total. The molecule has 2 heteroatoms. The third kappa shape index (κ3) is 2.85. The van der Waals surface area contributed by atoms with Crippen LogP contribution in [0.2, 0.25) is 0 Å². The summed E-state index contributed by atoms with van der Waals surface area (Å²) in [7, 11) is 0. The van der Waals surface area contributed by atoms with Crippen molar-refractivity contribution in [1.29, 1.82) is 0 Å². The molecule has 1 heterocycles. The van der Waals surface area contributed by atoms with Gasteiger partial charge in [0.15, 0.2) is 0 Å². The number of aromatic nitrogens is 1. The van der Waals surface area contributed by atoms with E-state index in [4.69, 9.17) is 0 Å². The van der Waals surface area contributed by atoms with Crippen molar-refractivity contribution in [3.63, 3.8) is 0 Å². The third-order valence-corrected chi connectivity index (χ3v) is 3.94. The van der Waals surface area contributed by atoms with Crippen molar-refractivity contribution in [3.8, 4) is 0 Å². The molecule has 2 aromatic rings. The Morgan fingerprint density at radius 2 is 1.95 bits per heavy atom. The lowest BCUT2D eigenvalue weighted by atomic mass is 10.0. The maximum absolute atomic E-state index is 4.52. The van der Waals surface area contributed by atoms with Crippen LogP contribution < -0.4 is 5.32 Å². The van der Waals surface area contributed by atoms with Gasteiger partial charge in [-0.25, -0.2) is 0 Å². The van der Waals surface area contributed by atoms with E-state index >= 15 is 0 Å². The fourth-order valence-corrected chi connectivity index (χ4v) is 2.66. The van der Waals surface area contributed by atoms with Gasteiger partial charge in [0.25, 0.3) is 0 Å². The van der Waals surface area contributed by atoms with Crippen molar-refractivity contribution in [2.75, 3.05) is 0 Å². The average Bonchev–Trinajstić information content (AvgIpc) is 3.25. The summed E-state index contributed by atoms with van der Waals surface area (Å²) < 4.78 is 0. The van der Waals surface area contributed by atoms with Crippen LogP contribution in [0.1, 0.15) is 37.1 Å². The van der Waals surface area contributed by atoms with Crippen LogP contribution in [0, 0.1) is 5.92 Å². The molecule has 1 fully saturated rings. The molecule has 0 radical (unpaired) electrons. The highest BCUT2D eigenvalue weighted by Crippen LogP contribution is 2.36. The smallest absolute Gasteiger partial charge is 0.0753 e. The van der Waals surface area contributed by atoms with Crippen molar-refractivity contribution >= 4 is 0 Å². The molecule has 1 aromatic carbocycles. The minimum atomic E-state index is 0.212. The van der Waals surface area contributed by atoms with Gasteiger partial charge in [-0.05, 0) is 30.0 Å². The van der Waals surface area contributed by atoms with Crippen LogP contribution in [-0.2, 0) is 0 Å². The van der Waals surface area contributed by atoms with Crippen LogP contribution >= 0.6 is 0 Å². The van der Waals surface area contributed by atoms with E-state index < -0.39 is 0 Å². The van der Waals surface area contributed by atoms with Gasteiger partial charge in [0.1, 0.15) is 0 Å². The normalized spacial score (nSPS) is 23.0. The first-order chi connectivity index (χ1) is 9.38. The lowest BCUT2D eigenvalue weighted by Crippen LogP contribution is -2.26. The molecular weight excluding hydrogens is 232 g/mol. The van der Waals surface area contributed by atoms with Crippen LogP contribution in [0.5, 0.6) is 0 Å². The Bertz CT molecular complexity index is 470. The van der Waals surface area contributed by atoms with E-state index in [1.165, 1.54) is 18.4 Å². The van der Waals surface area contributed by atoms with Gasteiger partial charge in [0.05, 0.1) is 11.7 Å². The van der Waals surface area contributed by atoms with Gasteiger partial charge in [-0.1, -0.05) is 49.7 Å². The Labute approximate surface area is 114 Å². The number of rotatable bonds is 5. The van der Waals surface area contributed by atoms with Gasteiger partial charge < -0.3 is 5.32 Å². The van der Waals surface area contributed by atoms with Crippen molar-refractivity contribution in [3.05, 3.63) is 66.0 Å². The quantitative estimate of drug-likeness (QED) is 0.880. The average molecular weight is 252 g/mol. The summed E-state index contributed by atoms with van der Waals surface area (Å²) in [5.41, 5.74) is 2.40. The van der Waals surface area contributed by atoms with Crippen molar-refractivity contribution in [1.82, 2.24) is 10.3 Å². The summed E-state index contributed by atoms with van der Waals surface area (Å²) in [6.45, 7) is 2.27. The van der Waals surface area contributed by atoms with Gasteiger partial charge in [-0.3, -0.25) is 4.98 Å². The Morgan fingerprint density at radius 1 is 1.16 bits per heavy atom. The first-order valence-electron chi connectivity index (χ1n) is 7.10. The number of benzene rings is 1. The maximum atomic E-state index is 4.52. The molecule has 1 N–H and O–H groups in total. The second kappa shape index (κ2) is 5.54. The number of pyridine rings is 1. The number of hydrogen-bond acceptors (Lipinski definition) is 2. The zero-order chi connectivity index (χ0) is 13.1. The van der Waals surface area contributed by atoms with Crippen molar-refractivity contribution in [2.45, 2.75) is 31.8 Å². The predicted molar refractivity (Wildman–Crippen MR) is 77.8 cm³/mol. The Hall–Kier alpha value is -1.67. The molecule has 0 spiro atoms. The lowest BCUT2D eigenvalue weighted by Gasteiger charge is -2.19. The summed E-state index contributed by atoms with van der Waals surface area (Å²) in [5, 5.41) is 3.76. The number of nitrogens with one attached hydrogen (secondary N) is 1. The zero-order valence-corrected chi connectivity index (χ0v) is 11.3. The highest BCUT2D eigenvalue weighted by atomic mass is 15.0. The van der Waals surface area contributed by atoms with Crippen molar-refractivity contribution < 1.29 is 0 Å². The van der Waals surface area contributed by atoms with Crippen LogP contribution in [0.15, 0.2) is 54.7 Å². The van der Waals surface area contributed by atoms with Gasteiger partial charge >= 0.3 is 0 Å². The Kier molecular flexibility index (Phi) is 3.60. The van der Waals surface area contributed by atoms with Crippen molar-refractivity contribution in [2.24, 2.45) is 5.92 Å². The standard InChI is InChI=1S/C17H20N2/c1-2-13-12-16(13)19-17(14-8-4-3-5-9-14)15-10-6-7-11-18-15/h3-11,13,16-17,19H,2,12H2,1H3. The molecule has 98 valence electrons. The van der Waals surface area contributed by atoms with E-state index in [2.05, 4.69) is 59.7 Å². The summed E-state index contributed by atoms with van der Waals surface area (Å²) in [4.78, 5) is 4.52. The van der Waals surface area contributed by atoms with E-state index in [9.17, 15) is 0 Å². The molecule has 0 bridgehead atoms. The van der Waals surface area contributed by atoms with Crippen LogP contribution in [0.25, 0.3) is 0 Å². The highest BCUT2D eigenvalue weighted by Gasteiger charge is 2.37. The minimum absolute atomic E-state index is 0.212. The summed E-state index contributed by atoms with van der Waals surface area (Å²) in [5.74, 6) is 0.843. The van der Waals surface area contributed by atoms with Gasteiger partial charge in [0, 0.05) is 12.2 Å². The largest absolute Gasteiger partial charge is 0.302 e. The molecule has 1 aliphatic carbocycles. The summed E-state index contributed by atoms with van der Waals surface area (Å²) in [6, 6.07) is 17.6. The second-order valence-electron chi connectivity index (χ2n) is 5.28. The van der Waals surface area contributed by atoms with E-state index in [0.29, 0.717) is 6.04 Å². The monoisotopic (exact) mass is 252 g/mol. The number of nitrogens with zero attached hydrogens (tertiary/aromatic N) is 1. The summed E-state index contributed by atoms with van der Waals surface area (Å²) in [6.07, 6.45) is 4.44. The van der Waals surface area contributed by atoms with E-state index in [1.807, 2.05) is 12.3 Å². The minimum Gasteiger partial charge on any atom is -0.302 e. The zero-order valence-electron chi connectivity index (χ0n) is 11.3. The molecule has 19 heavy (non-hydrogen) atoms. The fourth-order valence-electron chi connectivity index (χ4n) is 2.66. The predicted octanol–water partition coefficient (Wildman–Crippen LogP) is 3.56. The third-order valence-electron chi connectivity index (χ3n) is 3.94. The first-order valence-corrected chi connectivity index (χ1v) is 7.10. The molecule has 3 unspecified atom stereocenters. The van der Waals surface area contributed by atoms with Gasteiger partial charge in [-0.2, -0.15) is 0 Å². The Balaban J connectivity index is 1.84. The highest BCUT2D eigenvalue weighted by molar-refractivity contribution is 5.28. The van der Waals surface area contributed by atoms with E-state index in [0.717, 1.165) is 11.6 Å². The SMILES string of the molecule is CCC1CC1NC(c1ccccc1)c1ccccn1. The maximum Gasteiger partial charge on any atom is 0.0753 e. The van der Waals surface area contributed by atoms with Gasteiger partial charge in [0.2, 0.25) is 0 Å². The molecular formula is C17H20N2. The van der Waals surface area contributed by atoms with E-state index in [-0.39, 0.29) is 6.04 Å². The fraction of sp³-hybridized carbons (Fsp3) is 0.353. The molecule has 3 rings (SSSR count). The van der Waals surface area contributed by atoms with Gasteiger partial charge in [-0.15, -0.1) is 0 Å². The molecule has 3 atom stereocenters. The Morgan fingerprint density at radius 3 is 2.58 bits per heavy atom.